The smallest absolute Gasteiger partial charge is 0.147 e. The number of nitrogens with zero attached hydrogens (tertiary/aromatic N) is 2. The first-order chi connectivity index (χ1) is 10.1. The highest BCUT2D eigenvalue weighted by molar-refractivity contribution is 6.33. The van der Waals surface area contributed by atoms with E-state index in [2.05, 4.69) is 42.9 Å². The van der Waals surface area contributed by atoms with Gasteiger partial charge in [-0.2, -0.15) is 0 Å². The van der Waals surface area contributed by atoms with E-state index in [-0.39, 0.29) is 0 Å². The number of unbranched alkanes of at least 4 members (excludes halogenated alkanes) is 2. The zero-order chi connectivity index (χ0) is 15.7. The summed E-state index contributed by atoms with van der Waals surface area (Å²) in [6.07, 6.45) is 6.75. The molecule has 0 atom stereocenters. The fraction of sp³-hybridized carbons (Fsp3) is 0.706. The lowest BCUT2D eigenvalue weighted by atomic mass is 10.2. The van der Waals surface area contributed by atoms with E-state index >= 15 is 0 Å². The highest BCUT2D eigenvalue weighted by atomic mass is 35.5. The molecule has 0 amide bonds. The molecule has 1 aromatic heterocycles. The van der Waals surface area contributed by atoms with Crippen LogP contribution in [0.5, 0.6) is 0 Å². The topological polar surface area (TPSA) is 28.2 Å². The molecule has 0 saturated heterocycles. The van der Waals surface area contributed by atoms with Gasteiger partial charge in [0.1, 0.15) is 5.82 Å². The third-order valence-electron chi connectivity index (χ3n) is 3.53. The first-order valence-electron chi connectivity index (χ1n) is 8.21. The van der Waals surface area contributed by atoms with Gasteiger partial charge in [-0.05, 0) is 44.9 Å². The predicted octanol–water partition coefficient (Wildman–Crippen LogP) is 4.64. The number of halogens is 1. The van der Waals surface area contributed by atoms with Crippen LogP contribution in [-0.4, -0.2) is 24.1 Å². The molecule has 0 radical (unpaired) electrons. The van der Waals surface area contributed by atoms with Crippen molar-refractivity contribution in [2.45, 2.75) is 66.0 Å². The molecular weight excluding hydrogens is 282 g/mol. The number of pyridine rings is 1. The molecule has 1 aromatic rings. The zero-order valence-corrected chi connectivity index (χ0v) is 14.7. The summed E-state index contributed by atoms with van der Waals surface area (Å²) >= 11 is 6.46. The van der Waals surface area contributed by atoms with Crippen molar-refractivity contribution in [1.29, 1.82) is 0 Å². The minimum absolute atomic E-state index is 0.413. The van der Waals surface area contributed by atoms with Crippen LogP contribution in [0.15, 0.2) is 12.3 Å². The number of anilines is 1. The SMILES string of the molecule is CCCCCN(c1ncc(CNCCC)cc1Cl)C(C)C. The van der Waals surface area contributed by atoms with E-state index in [1.807, 2.05) is 12.3 Å². The number of hydrogen-bond donors (Lipinski definition) is 1. The Balaban J connectivity index is 2.74. The van der Waals surface area contributed by atoms with Gasteiger partial charge in [-0.15, -0.1) is 0 Å². The Hall–Kier alpha value is -0.800. The van der Waals surface area contributed by atoms with E-state index < -0.39 is 0 Å². The molecule has 0 aromatic carbocycles. The molecular formula is C17H30ClN3. The van der Waals surface area contributed by atoms with E-state index in [4.69, 9.17) is 11.6 Å². The Kier molecular flexibility index (Phi) is 8.70. The first kappa shape index (κ1) is 18.2. The zero-order valence-electron chi connectivity index (χ0n) is 14.0. The van der Waals surface area contributed by atoms with Gasteiger partial charge in [0.25, 0.3) is 0 Å². The molecule has 0 aliphatic rings. The summed E-state index contributed by atoms with van der Waals surface area (Å²) in [7, 11) is 0. The molecule has 0 bridgehead atoms. The van der Waals surface area contributed by atoms with E-state index in [9.17, 15) is 0 Å². The lowest BCUT2D eigenvalue weighted by molar-refractivity contribution is 0.619. The Morgan fingerprint density at radius 1 is 1.24 bits per heavy atom. The molecule has 1 rings (SSSR count). The summed E-state index contributed by atoms with van der Waals surface area (Å²) in [6, 6.07) is 2.46. The number of aromatic nitrogens is 1. The molecule has 0 unspecified atom stereocenters. The average Bonchev–Trinajstić information content (AvgIpc) is 2.45. The van der Waals surface area contributed by atoms with E-state index in [1.54, 1.807) is 0 Å². The minimum Gasteiger partial charge on any atom is -0.353 e. The van der Waals surface area contributed by atoms with Crippen LogP contribution < -0.4 is 10.2 Å². The van der Waals surface area contributed by atoms with E-state index in [0.29, 0.717) is 6.04 Å². The van der Waals surface area contributed by atoms with Crippen molar-refractivity contribution in [2.24, 2.45) is 0 Å². The van der Waals surface area contributed by atoms with Crippen molar-refractivity contribution in [1.82, 2.24) is 10.3 Å². The molecule has 1 N–H and O–H groups in total. The third kappa shape index (κ3) is 6.23. The Bertz CT molecular complexity index is 407. The van der Waals surface area contributed by atoms with Crippen LogP contribution in [0.4, 0.5) is 5.82 Å². The van der Waals surface area contributed by atoms with Gasteiger partial charge < -0.3 is 10.2 Å². The maximum Gasteiger partial charge on any atom is 0.147 e. The summed E-state index contributed by atoms with van der Waals surface area (Å²) in [4.78, 5) is 6.92. The third-order valence-corrected chi connectivity index (χ3v) is 3.81. The molecule has 120 valence electrons. The van der Waals surface area contributed by atoms with Gasteiger partial charge in [0, 0.05) is 25.3 Å². The first-order valence-corrected chi connectivity index (χ1v) is 8.59. The van der Waals surface area contributed by atoms with Crippen LogP contribution >= 0.6 is 11.6 Å². The maximum atomic E-state index is 6.46. The molecule has 3 nitrogen and oxygen atoms in total. The Morgan fingerprint density at radius 2 is 2.00 bits per heavy atom. The van der Waals surface area contributed by atoms with Crippen LogP contribution in [0, 0.1) is 0 Å². The largest absolute Gasteiger partial charge is 0.353 e. The second kappa shape index (κ2) is 10.0. The summed E-state index contributed by atoms with van der Waals surface area (Å²) in [5.41, 5.74) is 1.15. The van der Waals surface area contributed by atoms with Gasteiger partial charge in [-0.3, -0.25) is 0 Å². The molecule has 4 heteroatoms. The van der Waals surface area contributed by atoms with Crippen LogP contribution in [0.25, 0.3) is 0 Å². The second-order valence-electron chi connectivity index (χ2n) is 5.82. The molecule has 0 aliphatic heterocycles. The lowest BCUT2D eigenvalue weighted by Crippen LogP contribution is -2.32. The number of nitrogens with one attached hydrogen (secondary N) is 1. The molecule has 0 spiro atoms. The van der Waals surface area contributed by atoms with Crippen LogP contribution in [-0.2, 0) is 6.54 Å². The van der Waals surface area contributed by atoms with Crippen molar-refractivity contribution in [2.75, 3.05) is 18.0 Å². The van der Waals surface area contributed by atoms with Crippen molar-refractivity contribution < 1.29 is 0 Å². The summed E-state index contributed by atoms with van der Waals surface area (Å²) in [5, 5.41) is 4.14. The highest BCUT2D eigenvalue weighted by Crippen LogP contribution is 2.26. The van der Waals surface area contributed by atoms with Gasteiger partial charge in [-0.1, -0.05) is 38.3 Å². The predicted molar refractivity (Wildman–Crippen MR) is 93.3 cm³/mol. The molecule has 0 aliphatic carbocycles. The molecule has 0 saturated carbocycles. The summed E-state index contributed by atoms with van der Waals surface area (Å²) in [6.45, 7) is 11.7. The van der Waals surface area contributed by atoms with Crippen molar-refractivity contribution in [3.63, 3.8) is 0 Å². The normalized spacial score (nSPS) is 11.1. The number of rotatable bonds is 10. The van der Waals surface area contributed by atoms with Crippen LogP contribution in [0.2, 0.25) is 5.02 Å². The molecule has 21 heavy (non-hydrogen) atoms. The fourth-order valence-corrected chi connectivity index (χ4v) is 2.63. The van der Waals surface area contributed by atoms with Crippen molar-refractivity contribution >= 4 is 17.4 Å². The van der Waals surface area contributed by atoms with Gasteiger partial charge >= 0.3 is 0 Å². The van der Waals surface area contributed by atoms with Crippen molar-refractivity contribution in [3.05, 3.63) is 22.8 Å². The van der Waals surface area contributed by atoms with Gasteiger partial charge in [0.05, 0.1) is 5.02 Å². The number of hydrogen-bond acceptors (Lipinski definition) is 3. The standard InChI is InChI=1S/C17H30ClN3/c1-5-7-8-10-21(14(3)4)17-16(18)11-15(13-20-17)12-19-9-6-2/h11,13-14,19H,5-10,12H2,1-4H3. The molecule has 0 fully saturated rings. The Labute approximate surface area is 135 Å². The monoisotopic (exact) mass is 311 g/mol. The Morgan fingerprint density at radius 3 is 2.57 bits per heavy atom. The summed E-state index contributed by atoms with van der Waals surface area (Å²) < 4.78 is 0. The maximum absolute atomic E-state index is 6.46. The fourth-order valence-electron chi connectivity index (χ4n) is 2.33. The highest BCUT2D eigenvalue weighted by Gasteiger charge is 2.15. The van der Waals surface area contributed by atoms with Gasteiger partial charge in [-0.25, -0.2) is 4.98 Å². The molecule has 1 heterocycles. The average molecular weight is 312 g/mol. The van der Waals surface area contributed by atoms with Crippen molar-refractivity contribution in [3.8, 4) is 0 Å². The van der Waals surface area contributed by atoms with E-state index in [0.717, 1.165) is 42.5 Å². The quantitative estimate of drug-likeness (QED) is 0.638. The van der Waals surface area contributed by atoms with Gasteiger partial charge in [0.2, 0.25) is 0 Å². The van der Waals surface area contributed by atoms with Crippen LogP contribution in [0.3, 0.4) is 0 Å². The van der Waals surface area contributed by atoms with E-state index in [1.165, 1.54) is 19.3 Å². The lowest BCUT2D eigenvalue weighted by Gasteiger charge is -2.29. The van der Waals surface area contributed by atoms with Gasteiger partial charge in [0.15, 0.2) is 0 Å². The van der Waals surface area contributed by atoms with Crippen LogP contribution in [0.1, 0.15) is 58.9 Å². The minimum atomic E-state index is 0.413. The second-order valence-corrected chi connectivity index (χ2v) is 6.23. The summed E-state index contributed by atoms with van der Waals surface area (Å²) in [5.74, 6) is 0.919.